The number of ether oxygens (including phenoxy) is 1. The van der Waals surface area contributed by atoms with Crippen LogP contribution in [0.3, 0.4) is 0 Å². The second-order valence-corrected chi connectivity index (χ2v) is 14.2. The molecule has 0 unspecified atom stereocenters. The van der Waals surface area contributed by atoms with Crippen LogP contribution in [0, 0.1) is 0 Å². The third-order valence-electron chi connectivity index (χ3n) is 6.84. The maximum Gasteiger partial charge on any atom is 0.139 e. The summed E-state index contributed by atoms with van der Waals surface area (Å²) in [4.78, 5) is 0. The van der Waals surface area contributed by atoms with Crippen LogP contribution >= 0.6 is 0 Å². The quantitative estimate of drug-likeness (QED) is 0.399. The summed E-state index contributed by atoms with van der Waals surface area (Å²) in [6, 6.07) is 18.7. The second-order valence-electron chi connectivity index (χ2n) is 14.2. The van der Waals surface area contributed by atoms with Crippen LogP contribution in [-0.4, -0.2) is 5.11 Å². The fraction of sp³-hybridized carbons (Fsp3) is 0.471. The summed E-state index contributed by atoms with van der Waals surface area (Å²) in [6.07, 6.45) is 0. The van der Waals surface area contributed by atoms with Crippen LogP contribution in [0.25, 0.3) is 11.1 Å². The summed E-state index contributed by atoms with van der Waals surface area (Å²) >= 11 is 0. The molecule has 0 saturated carbocycles. The fourth-order valence-corrected chi connectivity index (χ4v) is 4.51. The molecule has 0 atom stereocenters. The summed E-state index contributed by atoms with van der Waals surface area (Å²) in [5, 5.41) is 11.1. The van der Waals surface area contributed by atoms with Crippen molar-refractivity contribution in [1.82, 2.24) is 0 Å². The van der Waals surface area contributed by atoms with Crippen molar-refractivity contribution in [2.45, 2.75) is 105 Å². The Hall–Kier alpha value is -2.74. The number of phenols is 1. The van der Waals surface area contributed by atoms with Crippen molar-refractivity contribution in [3.8, 4) is 28.4 Å². The van der Waals surface area contributed by atoms with Crippen molar-refractivity contribution >= 4 is 0 Å². The maximum atomic E-state index is 11.1. The highest BCUT2D eigenvalue weighted by atomic mass is 16.5. The van der Waals surface area contributed by atoms with Crippen LogP contribution in [0.2, 0.25) is 0 Å². The molecule has 0 bridgehead atoms. The van der Waals surface area contributed by atoms with Gasteiger partial charge in [-0.25, -0.2) is 0 Å². The second kappa shape index (κ2) is 9.29. The average molecular weight is 487 g/mol. The molecule has 3 aromatic carbocycles. The van der Waals surface area contributed by atoms with E-state index in [0.29, 0.717) is 5.75 Å². The number of hydrogen-bond acceptors (Lipinski definition) is 2. The molecular formula is C34H46O2. The van der Waals surface area contributed by atoms with Crippen LogP contribution in [0.5, 0.6) is 17.2 Å². The van der Waals surface area contributed by atoms with Crippen LogP contribution in [0.1, 0.15) is 105 Å². The Morgan fingerprint density at radius 2 is 1.03 bits per heavy atom. The molecule has 0 fully saturated rings. The van der Waals surface area contributed by atoms with Crippen LogP contribution < -0.4 is 4.74 Å². The Bertz CT molecular complexity index is 1240. The molecular weight excluding hydrogens is 440 g/mol. The lowest BCUT2D eigenvalue weighted by Crippen LogP contribution is -2.18. The van der Waals surface area contributed by atoms with Crippen molar-refractivity contribution in [3.63, 3.8) is 0 Å². The molecule has 3 aromatic rings. The number of benzene rings is 3. The predicted molar refractivity (Wildman–Crippen MR) is 155 cm³/mol. The first-order valence-electron chi connectivity index (χ1n) is 13.1. The zero-order valence-corrected chi connectivity index (χ0v) is 24.6. The monoisotopic (exact) mass is 486 g/mol. The number of hydrogen-bond donors (Lipinski definition) is 1. The van der Waals surface area contributed by atoms with E-state index in [1.165, 1.54) is 16.7 Å². The van der Waals surface area contributed by atoms with E-state index in [2.05, 4.69) is 119 Å². The Kier molecular flexibility index (Phi) is 7.18. The van der Waals surface area contributed by atoms with Crippen molar-refractivity contribution in [3.05, 3.63) is 76.9 Å². The number of rotatable bonds is 3. The van der Waals surface area contributed by atoms with E-state index in [4.69, 9.17) is 4.74 Å². The minimum Gasteiger partial charge on any atom is -0.507 e. The lowest BCUT2D eigenvalue weighted by Gasteiger charge is -2.29. The van der Waals surface area contributed by atoms with Gasteiger partial charge in [0.15, 0.2) is 0 Å². The van der Waals surface area contributed by atoms with Gasteiger partial charge in [-0.05, 0) is 62.1 Å². The van der Waals surface area contributed by atoms with Crippen LogP contribution in [0.4, 0.5) is 0 Å². The van der Waals surface area contributed by atoms with E-state index in [0.717, 1.165) is 22.4 Å². The first-order valence-corrected chi connectivity index (χ1v) is 13.1. The van der Waals surface area contributed by atoms with Gasteiger partial charge in [0, 0.05) is 5.56 Å². The Labute approximate surface area is 219 Å². The van der Waals surface area contributed by atoms with E-state index in [-0.39, 0.29) is 27.4 Å². The SMILES string of the molecule is CC(C)(C)c1ccc(Oc2cccc(O)c2-c2ccc(C(C)(C)C)cc2C(C)(C)C)c(C(C)(C)C)c1. The molecule has 0 radical (unpaired) electrons. The zero-order chi connectivity index (χ0) is 27.3. The standard InChI is InChI=1S/C34H46O2/c1-31(2,3)22-16-18-24(25(20-22)33(7,8)9)30-27(35)14-13-15-29(30)36-28-19-17-23(32(4,5)6)21-26(28)34(10,11)12/h13-21,35H,1-12H3. The van der Waals surface area contributed by atoms with Gasteiger partial charge in [0.05, 0.1) is 5.56 Å². The van der Waals surface area contributed by atoms with E-state index in [1.54, 1.807) is 6.07 Å². The highest BCUT2D eigenvalue weighted by Crippen LogP contribution is 2.46. The maximum absolute atomic E-state index is 11.1. The van der Waals surface area contributed by atoms with Gasteiger partial charge in [0.25, 0.3) is 0 Å². The third kappa shape index (κ3) is 5.97. The summed E-state index contributed by atoms with van der Waals surface area (Å²) < 4.78 is 6.68. The van der Waals surface area contributed by atoms with E-state index in [9.17, 15) is 5.11 Å². The van der Waals surface area contributed by atoms with Gasteiger partial charge >= 0.3 is 0 Å². The Morgan fingerprint density at radius 3 is 1.53 bits per heavy atom. The summed E-state index contributed by atoms with van der Waals surface area (Å²) in [5.74, 6) is 1.72. The Morgan fingerprint density at radius 1 is 0.528 bits per heavy atom. The summed E-state index contributed by atoms with van der Waals surface area (Å²) in [6.45, 7) is 26.7. The van der Waals surface area contributed by atoms with Crippen LogP contribution in [-0.2, 0) is 21.7 Å². The number of phenolic OH excluding ortho intramolecular Hbond substituents is 1. The molecule has 0 saturated heterocycles. The van der Waals surface area contributed by atoms with E-state index in [1.807, 2.05) is 12.1 Å². The van der Waals surface area contributed by atoms with Crippen molar-refractivity contribution in [2.24, 2.45) is 0 Å². The van der Waals surface area contributed by atoms with Crippen LogP contribution in [0.15, 0.2) is 54.6 Å². The van der Waals surface area contributed by atoms with Gasteiger partial charge in [0.1, 0.15) is 17.2 Å². The minimum atomic E-state index is -0.110. The highest BCUT2D eigenvalue weighted by molar-refractivity contribution is 5.80. The largest absolute Gasteiger partial charge is 0.507 e. The fourth-order valence-electron chi connectivity index (χ4n) is 4.51. The molecule has 2 heteroatoms. The molecule has 0 amide bonds. The highest BCUT2D eigenvalue weighted by Gasteiger charge is 2.27. The molecule has 194 valence electrons. The normalized spacial score (nSPS) is 13.1. The molecule has 0 aromatic heterocycles. The average Bonchev–Trinajstić information content (AvgIpc) is 2.71. The molecule has 0 aliphatic heterocycles. The third-order valence-corrected chi connectivity index (χ3v) is 6.84. The molecule has 1 N–H and O–H groups in total. The first-order chi connectivity index (χ1) is 16.3. The molecule has 0 spiro atoms. The summed E-state index contributed by atoms with van der Waals surface area (Å²) in [5.41, 5.74) is 6.53. The lowest BCUT2D eigenvalue weighted by atomic mass is 9.77. The van der Waals surface area contributed by atoms with Crippen molar-refractivity contribution < 1.29 is 9.84 Å². The minimum absolute atomic E-state index is 0.0347. The van der Waals surface area contributed by atoms with Gasteiger partial charge in [-0.15, -0.1) is 0 Å². The molecule has 0 heterocycles. The molecule has 3 rings (SSSR count). The van der Waals surface area contributed by atoms with Gasteiger partial charge in [0.2, 0.25) is 0 Å². The summed E-state index contributed by atoms with van der Waals surface area (Å²) in [7, 11) is 0. The van der Waals surface area contributed by atoms with Crippen molar-refractivity contribution in [2.75, 3.05) is 0 Å². The lowest BCUT2D eigenvalue weighted by molar-refractivity contribution is 0.443. The molecule has 2 nitrogen and oxygen atoms in total. The van der Waals surface area contributed by atoms with Gasteiger partial charge < -0.3 is 9.84 Å². The molecule has 0 aliphatic carbocycles. The molecule has 36 heavy (non-hydrogen) atoms. The zero-order valence-electron chi connectivity index (χ0n) is 24.6. The Balaban J connectivity index is 2.24. The molecule has 0 aliphatic rings. The van der Waals surface area contributed by atoms with Gasteiger partial charge in [-0.3, -0.25) is 0 Å². The number of aromatic hydroxyl groups is 1. The predicted octanol–water partition coefficient (Wildman–Crippen LogP) is 10.0. The topological polar surface area (TPSA) is 29.5 Å². The van der Waals surface area contributed by atoms with Crippen molar-refractivity contribution in [1.29, 1.82) is 0 Å². The van der Waals surface area contributed by atoms with E-state index >= 15 is 0 Å². The van der Waals surface area contributed by atoms with E-state index < -0.39 is 0 Å². The van der Waals surface area contributed by atoms with Gasteiger partial charge in [-0.1, -0.05) is 119 Å². The smallest absolute Gasteiger partial charge is 0.139 e. The van der Waals surface area contributed by atoms with Gasteiger partial charge in [-0.2, -0.15) is 0 Å². The first kappa shape index (κ1) is 27.8.